The Morgan fingerprint density at radius 2 is 2.28 bits per heavy atom. The van der Waals surface area contributed by atoms with Crippen molar-refractivity contribution in [2.45, 2.75) is 17.9 Å². The van der Waals surface area contributed by atoms with Crippen LogP contribution in [0.4, 0.5) is 0 Å². The number of ether oxygens (including phenoxy) is 2. The maximum atomic E-state index is 5.83. The third-order valence-electron chi connectivity index (χ3n) is 3.82. The lowest BCUT2D eigenvalue weighted by Gasteiger charge is -2.44. The maximum Gasteiger partial charge on any atom is 0.0710 e. The summed E-state index contributed by atoms with van der Waals surface area (Å²) in [5.41, 5.74) is 1.50. The molecule has 2 aliphatic rings. The van der Waals surface area contributed by atoms with Crippen LogP contribution in [0, 0.1) is 0 Å². The van der Waals surface area contributed by atoms with Crippen LogP contribution in [-0.4, -0.2) is 39.0 Å². The molecule has 0 aromatic heterocycles. The van der Waals surface area contributed by atoms with Gasteiger partial charge >= 0.3 is 0 Å². The van der Waals surface area contributed by atoms with Gasteiger partial charge in [0.2, 0.25) is 0 Å². The van der Waals surface area contributed by atoms with Crippen LogP contribution in [-0.2, 0) is 14.9 Å². The summed E-state index contributed by atoms with van der Waals surface area (Å²) in [7, 11) is 0. The Balaban J connectivity index is 1.77. The Morgan fingerprint density at radius 1 is 1.39 bits per heavy atom. The lowest BCUT2D eigenvalue weighted by atomic mass is 9.74. The Kier molecular flexibility index (Phi) is 3.71. The van der Waals surface area contributed by atoms with E-state index >= 15 is 0 Å². The van der Waals surface area contributed by atoms with E-state index in [2.05, 4.69) is 45.5 Å². The van der Waals surface area contributed by atoms with E-state index in [0.29, 0.717) is 6.10 Å². The number of benzene rings is 1. The van der Waals surface area contributed by atoms with Crippen molar-refractivity contribution in [1.29, 1.82) is 0 Å². The van der Waals surface area contributed by atoms with Gasteiger partial charge < -0.3 is 14.8 Å². The highest BCUT2D eigenvalue weighted by Crippen LogP contribution is 2.38. The van der Waals surface area contributed by atoms with Crippen LogP contribution in [0.5, 0.6) is 0 Å². The summed E-state index contributed by atoms with van der Waals surface area (Å²) >= 11 is 3.55. The Hall–Kier alpha value is -0.420. The predicted molar refractivity (Wildman–Crippen MR) is 73.9 cm³/mol. The van der Waals surface area contributed by atoms with Crippen molar-refractivity contribution in [3.8, 4) is 0 Å². The van der Waals surface area contributed by atoms with Gasteiger partial charge in [-0.2, -0.15) is 0 Å². The molecule has 1 unspecified atom stereocenters. The molecule has 98 valence electrons. The summed E-state index contributed by atoms with van der Waals surface area (Å²) in [5.74, 6) is 0. The molecule has 3 nitrogen and oxygen atoms in total. The Bertz CT molecular complexity index is 414. The molecule has 0 spiro atoms. The average Bonchev–Trinajstić information content (AvgIpc) is 2.35. The second kappa shape index (κ2) is 5.29. The first-order chi connectivity index (χ1) is 8.78. The molecule has 2 saturated heterocycles. The third kappa shape index (κ3) is 2.48. The molecule has 0 bridgehead atoms. The number of nitrogens with one attached hydrogen (secondary N) is 1. The second-order valence-corrected chi connectivity index (χ2v) is 6.10. The maximum absolute atomic E-state index is 5.83. The van der Waals surface area contributed by atoms with E-state index in [4.69, 9.17) is 9.47 Å². The SMILES string of the molecule is Brc1cccc(C2(CC3CNCCO3)COC2)c1. The highest BCUT2D eigenvalue weighted by molar-refractivity contribution is 9.10. The first kappa shape index (κ1) is 12.6. The molecule has 2 fully saturated rings. The molecular weight excluding hydrogens is 294 g/mol. The minimum absolute atomic E-state index is 0.146. The van der Waals surface area contributed by atoms with Gasteiger partial charge in [-0.05, 0) is 24.1 Å². The largest absolute Gasteiger partial charge is 0.379 e. The Morgan fingerprint density at radius 3 is 2.89 bits per heavy atom. The van der Waals surface area contributed by atoms with E-state index in [9.17, 15) is 0 Å². The summed E-state index contributed by atoms with van der Waals surface area (Å²) in [4.78, 5) is 0. The number of hydrogen-bond acceptors (Lipinski definition) is 3. The molecular formula is C14H18BrNO2. The van der Waals surface area contributed by atoms with Gasteiger partial charge in [-0.1, -0.05) is 28.1 Å². The lowest BCUT2D eigenvalue weighted by Crippen LogP contribution is -2.52. The average molecular weight is 312 g/mol. The minimum atomic E-state index is 0.146. The van der Waals surface area contributed by atoms with E-state index in [0.717, 1.165) is 43.8 Å². The Labute approximate surface area is 116 Å². The number of morpholine rings is 1. The molecule has 1 atom stereocenters. The molecule has 2 aliphatic heterocycles. The van der Waals surface area contributed by atoms with Gasteiger partial charge in [0.1, 0.15) is 0 Å². The van der Waals surface area contributed by atoms with E-state index in [-0.39, 0.29) is 5.41 Å². The molecule has 0 saturated carbocycles. The summed E-state index contributed by atoms with van der Waals surface area (Å²) in [6, 6.07) is 8.57. The minimum Gasteiger partial charge on any atom is -0.379 e. The molecule has 1 aromatic carbocycles. The van der Waals surface area contributed by atoms with Gasteiger partial charge in [0.25, 0.3) is 0 Å². The van der Waals surface area contributed by atoms with Gasteiger partial charge in [-0.15, -0.1) is 0 Å². The zero-order valence-electron chi connectivity index (χ0n) is 10.3. The molecule has 1 aromatic rings. The molecule has 4 heteroatoms. The molecule has 1 N–H and O–H groups in total. The second-order valence-electron chi connectivity index (χ2n) is 5.18. The first-order valence-corrected chi connectivity index (χ1v) is 7.24. The van der Waals surface area contributed by atoms with Crippen LogP contribution >= 0.6 is 15.9 Å². The molecule has 3 rings (SSSR count). The van der Waals surface area contributed by atoms with Crippen LogP contribution in [0.1, 0.15) is 12.0 Å². The van der Waals surface area contributed by atoms with Crippen LogP contribution in [0.25, 0.3) is 0 Å². The van der Waals surface area contributed by atoms with Crippen molar-refractivity contribution in [3.63, 3.8) is 0 Å². The molecule has 0 aliphatic carbocycles. The van der Waals surface area contributed by atoms with Crippen molar-refractivity contribution >= 4 is 15.9 Å². The molecule has 0 amide bonds. The van der Waals surface area contributed by atoms with E-state index in [1.807, 2.05) is 0 Å². The quantitative estimate of drug-likeness (QED) is 0.927. The number of halogens is 1. The van der Waals surface area contributed by atoms with Crippen LogP contribution < -0.4 is 5.32 Å². The van der Waals surface area contributed by atoms with Crippen LogP contribution in [0.3, 0.4) is 0 Å². The fourth-order valence-corrected chi connectivity index (χ4v) is 3.16. The zero-order chi connectivity index (χ0) is 12.4. The molecule has 18 heavy (non-hydrogen) atoms. The summed E-state index contributed by atoms with van der Waals surface area (Å²) in [6.45, 7) is 4.36. The van der Waals surface area contributed by atoms with Crippen LogP contribution in [0.2, 0.25) is 0 Å². The van der Waals surface area contributed by atoms with Gasteiger partial charge in [-0.3, -0.25) is 0 Å². The van der Waals surface area contributed by atoms with Crippen molar-refractivity contribution in [1.82, 2.24) is 5.32 Å². The van der Waals surface area contributed by atoms with Crippen molar-refractivity contribution in [2.75, 3.05) is 32.9 Å². The monoisotopic (exact) mass is 311 g/mol. The highest BCUT2D eigenvalue weighted by Gasteiger charge is 2.42. The third-order valence-corrected chi connectivity index (χ3v) is 4.31. The summed E-state index contributed by atoms with van der Waals surface area (Å²) in [5, 5.41) is 3.39. The smallest absolute Gasteiger partial charge is 0.0710 e. The predicted octanol–water partition coefficient (Wildman–Crippen LogP) is 2.10. The van der Waals surface area contributed by atoms with E-state index in [1.165, 1.54) is 5.56 Å². The fourth-order valence-electron chi connectivity index (χ4n) is 2.76. The van der Waals surface area contributed by atoms with E-state index in [1.54, 1.807) is 0 Å². The van der Waals surface area contributed by atoms with Gasteiger partial charge in [-0.25, -0.2) is 0 Å². The van der Waals surface area contributed by atoms with E-state index < -0.39 is 0 Å². The van der Waals surface area contributed by atoms with Gasteiger partial charge in [0.05, 0.1) is 25.9 Å². The topological polar surface area (TPSA) is 30.5 Å². The highest BCUT2D eigenvalue weighted by atomic mass is 79.9. The van der Waals surface area contributed by atoms with Crippen molar-refractivity contribution in [3.05, 3.63) is 34.3 Å². The summed E-state index contributed by atoms with van der Waals surface area (Å²) < 4.78 is 12.4. The van der Waals surface area contributed by atoms with Crippen molar-refractivity contribution in [2.24, 2.45) is 0 Å². The molecule has 0 radical (unpaired) electrons. The van der Waals surface area contributed by atoms with Gasteiger partial charge in [0.15, 0.2) is 0 Å². The fraction of sp³-hybridized carbons (Fsp3) is 0.571. The van der Waals surface area contributed by atoms with Gasteiger partial charge in [0, 0.05) is 23.0 Å². The standard InChI is InChI=1S/C14H18BrNO2/c15-12-3-1-2-11(6-12)14(9-17-10-14)7-13-8-16-4-5-18-13/h1-3,6,13,16H,4-5,7-10H2. The lowest BCUT2D eigenvalue weighted by molar-refractivity contribution is -0.0942. The first-order valence-electron chi connectivity index (χ1n) is 6.45. The zero-order valence-corrected chi connectivity index (χ0v) is 11.9. The normalized spacial score (nSPS) is 26.6. The van der Waals surface area contributed by atoms with Crippen molar-refractivity contribution < 1.29 is 9.47 Å². The number of rotatable bonds is 3. The van der Waals surface area contributed by atoms with Crippen LogP contribution in [0.15, 0.2) is 28.7 Å². The summed E-state index contributed by atoms with van der Waals surface area (Å²) in [6.07, 6.45) is 1.35. The molecule has 2 heterocycles. The number of hydrogen-bond donors (Lipinski definition) is 1.